The van der Waals surface area contributed by atoms with Crippen LogP contribution in [0.15, 0.2) is 83.7 Å². The molecule has 1 heterocycles. The molecule has 4 rings (SSSR count). The Morgan fingerprint density at radius 3 is 2.43 bits per heavy atom. The van der Waals surface area contributed by atoms with E-state index in [-0.39, 0.29) is 17.9 Å². The fraction of sp³-hybridized carbons (Fsp3) is 0.172. The van der Waals surface area contributed by atoms with Crippen LogP contribution in [0.5, 0.6) is 0 Å². The number of hydrogen-bond acceptors (Lipinski definition) is 5. The monoisotopic (exact) mass is 468 g/mol. The molecule has 1 aromatic heterocycles. The lowest BCUT2D eigenvalue weighted by Gasteiger charge is -2.20. The molecule has 0 fully saturated rings. The number of ether oxygens (including phenoxy) is 1. The molecular weight excluding hydrogens is 440 g/mol. The Labute approximate surface area is 204 Å². The third-order valence-corrected chi connectivity index (χ3v) is 5.97. The molecule has 0 aliphatic rings. The molecule has 3 aromatic carbocycles. The van der Waals surface area contributed by atoms with Crippen molar-refractivity contribution >= 4 is 23.3 Å². The number of anilines is 2. The largest absolute Gasteiger partial charge is 0.472 e. The van der Waals surface area contributed by atoms with Gasteiger partial charge in [0.2, 0.25) is 0 Å². The number of benzene rings is 3. The first kappa shape index (κ1) is 23.8. The van der Waals surface area contributed by atoms with Gasteiger partial charge in [-0.05, 0) is 61.2 Å². The Morgan fingerprint density at radius 2 is 1.74 bits per heavy atom. The summed E-state index contributed by atoms with van der Waals surface area (Å²) in [4.78, 5) is 24.8. The van der Waals surface area contributed by atoms with Gasteiger partial charge in [-0.15, -0.1) is 0 Å². The summed E-state index contributed by atoms with van der Waals surface area (Å²) in [5, 5.41) is 6.50. The molecule has 2 N–H and O–H groups in total. The standard InChI is InChI=1S/C29H28N2O4/c1-18-8-13-24(29(33)34-4)25(16-18)22-11-9-21(10-12-22)20(3)30-26-7-5-6-19(2)27(26)31-28(32)23-14-15-35-17-23/h5-17,20,30H,1-4H3,(H,31,32). The number of hydrogen-bond donors (Lipinski definition) is 2. The summed E-state index contributed by atoms with van der Waals surface area (Å²) < 4.78 is 9.98. The number of para-hydroxylation sites is 1. The first-order valence-corrected chi connectivity index (χ1v) is 11.4. The van der Waals surface area contributed by atoms with E-state index in [0.29, 0.717) is 11.1 Å². The molecule has 0 spiro atoms. The number of carbonyl (C=O) groups excluding carboxylic acids is 2. The third-order valence-electron chi connectivity index (χ3n) is 5.97. The number of methoxy groups -OCH3 is 1. The van der Waals surface area contributed by atoms with Crippen LogP contribution in [0.1, 0.15) is 50.4 Å². The molecule has 1 unspecified atom stereocenters. The molecule has 0 bridgehead atoms. The molecule has 178 valence electrons. The van der Waals surface area contributed by atoms with Crippen LogP contribution in [0, 0.1) is 13.8 Å². The highest BCUT2D eigenvalue weighted by Gasteiger charge is 2.16. The molecule has 6 heteroatoms. The van der Waals surface area contributed by atoms with Gasteiger partial charge in [-0.25, -0.2) is 4.79 Å². The zero-order chi connectivity index (χ0) is 24.9. The van der Waals surface area contributed by atoms with E-state index in [2.05, 4.69) is 17.6 Å². The molecule has 0 aliphatic heterocycles. The molecule has 35 heavy (non-hydrogen) atoms. The van der Waals surface area contributed by atoms with Crippen LogP contribution >= 0.6 is 0 Å². The van der Waals surface area contributed by atoms with Crippen molar-refractivity contribution in [3.63, 3.8) is 0 Å². The predicted molar refractivity (Wildman–Crippen MR) is 138 cm³/mol. The Bertz CT molecular complexity index is 1340. The van der Waals surface area contributed by atoms with E-state index in [0.717, 1.165) is 39.2 Å². The lowest BCUT2D eigenvalue weighted by atomic mass is 9.95. The predicted octanol–water partition coefficient (Wildman–Crippen LogP) is 6.78. The lowest BCUT2D eigenvalue weighted by Crippen LogP contribution is -2.15. The summed E-state index contributed by atoms with van der Waals surface area (Å²) in [6.07, 6.45) is 2.90. The summed E-state index contributed by atoms with van der Waals surface area (Å²) in [6.45, 7) is 6.01. The smallest absolute Gasteiger partial charge is 0.338 e. The molecule has 6 nitrogen and oxygen atoms in total. The number of nitrogens with one attached hydrogen (secondary N) is 2. The van der Waals surface area contributed by atoms with Gasteiger partial charge < -0.3 is 19.8 Å². The van der Waals surface area contributed by atoms with E-state index < -0.39 is 0 Å². The van der Waals surface area contributed by atoms with E-state index in [4.69, 9.17) is 9.15 Å². The van der Waals surface area contributed by atoms with Crippen molar-refractivity contribution in [3.05, 3.63) is 107 Å². The Balaban J connectivity index is 1.56. The van der Waals surface area contributed by atoms with Crippen LogP contribution in [-0.4, -0.2) is 19.0 Å². The van der Waals surface area contributed by atoms with Crippen LogP contribution in [-0.2, 0) is 4.74 Å². The van der Waals surface area contributed by atoms with E-state index >= 15 is 0 Å². The first-order valence-electron chi connectivity index (χ1n) is 11.4. The quantitative estimate of drug-likeness (QED) is 0.292. The van der Waals surface area contributed by atoms with E-state index in [1.807, 2.05) is 68.4 Å². The molecule has 0 aliphatic carbocycles. The average molecular weight is 469 g/mol. The van der Waals surface area contributed by atoms with Gasteiger partial charge in [-0.1, -0.05) is 54.1 Å². The number of carbonyl (C=O) groups is 2. The van der Waals surface area contributed by atoms with Crippen molar-refractivity contribution < 1.29 is 18.7 Å². The molecule has 4 aromatic rings. The van der Waals surface area contributed by atoms with Crippen molar-refractivity contribution in [3.8, 4) is 11.1 Å². The maximum atomic E-state index is 12.6. The van der Waals surface area contributed by atoms with Gasteiger partial charge in [0.1, 0.15) is 6.26 Å². The van der Waals surface area contributed by atoms with Crippen molar-refractivity contribution in [2.24, 2.45) is 0 Å². The van der Waals surface area contributed by atoms with Crippen LogP contribution in [0.2, 0.25) is 0 Å². The van der Waals surface area contributed by atoms with Gasteiger partial charge >= 0.3 is 5.97 Å². The van der Waals surface area contributed by atoms with Crippen molar-refractivity contribution in [2.45, 2.75) is 26.8 Å². The summed E-state index contributed by atoms with van der Waals surface area (Å²) in [6, 6.07) is 21.2. The number of furan rings is 1. The number of esters is 1. The molecule has 1 amide bonds. The normalized spacial score (nSPS) is 11.5. The van der Waals surface area contributed by atoms with Crippen molar-refractivity contribution in [2.75, 3.05) is 17.7 Å². The minimum atomic E-state index is -0.358. The zero-order valence-corrected chi connectivity index (χ0v) is 20.2. The summed E-state index contributed by atoms with van der Waals surface area (Å²) in [5.41, 5.74) is 7.41. The zero-order valence-electron chi connectivity index (χ0n) is 20.2. The SMILES string of the molecule is COC(=O)c1ccc(C)cc1-c1ccc(C(C)Nc2cccc(C)c2NC(=O)c2ccoc2)cc1. The average Bonchev–Trinajstić information content (AvgIpc) is 3.41. The number of rotatable bonds is 7. The Morgan fingerprint density at radius 1 is 0.971 bits per heavy atom. The van der Waals surface area contributed by atoms with Crippen molar-refractivity contribution in [1.29, 1.82) is 0 Å². The van der Waals surface area contributed by atoms with Gasteiger partial charge in [0.25, 0.3) is 5.91 Å². The van der Waals surface area contributed by atoms with Gasteiger partial charge in [-0.2, -0.15) is 0 Å². The molecule has 0 saturated carbocycles. The minimum Gasteiger partial charge on any atom is -0.472 e. The summed E-state index contributed by atoms with van der Waals surface area (Å²) >= 11 is 0. The molecule has 1 atom stereocenters. The van der Waals surface area contributed by atoms with E-state index in [1.165, 1.54) is 19.6 Å². The topological polar surface area (TPSA) is 80.6 Å². The van der Waals surface area contributed by atoms with E-state index in [9.17, 15) is 9.59 Å². The van der Waals surface area contributed by atoms with Crippen LogP contribution in [0.4, 0.5) is 11.4 Å². The highest BCUT2D eigenvalue weighted by molar-refractivity contribution is 6.06. The highest BCUT2D eigenvalue weighted by atomic mass is 16.5. The maximum absolute atomic E-state index is 12.6. The second-order valence-electron chi connectivity index (χ2n) is 8.49. The molecule has 0 radical (unpaired) electrons. The van der Waals surface area contributed by atoms with Gasteiger partial charge in [0.15, 0.2) is 0 Å². The summed E-state index contributed by atoms with van der Waals surface area (Å²) in [5.74, 6) is -0.587. The molecular formula is C29H28N2O4. The molecule has 0 saturated heterocycles. The van der Waals surface area contributed by atoms with Gasteiger partial charge in [0.05, 0.1) is 35.9 Å². The number of aryl methyl sites for hydroxylation is 2. The fourth-order valence-electron chi connectivity index (χ4n) is 3.99. The van der Waals surface area contributed by atoms with Crippen LogP contribution < -0.4 is 10.6 Å². The minimum absolute atomic E-state index is 0.0342. The summed E-state index contributed by atoms with van der Waals surface area (Å²) in [7, 11) is 1.39. The van der Waals surface area contributed by atoms with E-state index in [1.54, 1.807) is 12.1 Å². The third kappa shape index (κ3) is 5.27. The van der Waals surface area contributed by atoms with Crippen LogP contribution in [0.25, 0.3) is 11.1 Å². The Hall–Kier alpha value is -4.32. The number of amides is 1. The fourth-order valence-corrected chi connectivity index (χ4v) is 3.99. The second kappa shape index (κ2) is 10.3. The lowest BCUT2D eigenvalue weighted by molar-refractivity contribution is 0.0601. The van der Waals surface area contributed by atoms with Gasteiger partial charge in [0, 0.05) is 6.04 Å². The van der Waals surface area contributed by atoms with Gasteiger partial charge in [-0.3, -0.25) is 4.79 Å². The van der Waals surface area contributed by atoms with Crippen LogP contribution in [0.3, 0.4) is 0 Å². The van der Waals surface area contributed by atoms with Crippen molar-refractivity contribution in [1.82, 2.24) is 0 Å². The first-order chi connectivity index (χ1) is 16.9. The maximum Gasteiger partial charge on any atom is 0.338 e. The second-order valence-corrected chi connectivity index (χ2v) is 8.49. The Kier molecular flexibility index (Phi) is 7.01. The highest BCUT2D eigenvalue weighted by Crippen LogP contribution is 2.31.